The van der Waals surface area contributed by atoms with Crippen LogP contribution in [0, 0.1) is 0 Å². The fraction of sp³-hybridized carbons (Fsp3) is 0.222. The summed E-state index contributed by atoms with van der Waals surface area (Å²) < 4.78 is 39.7. The van der Waals surface area contributed by atoms with Gasteiger partial charge in [0.05, 0.1) is 5.56 Å². The van der Waals surface area contributed by atoms with E-state index >= 15 is 0 Å². The summed E-state index contributed by atoms with van der Waals surface area (Å²) in [4.78, 5) is -0.106. The van der Waals surface area contributed by atoms with Crippen molar-refractivity contribution in [3.8, 4) is 5.82 Å². The van der Waals surface area contributed by atoms with Crippen molar-refractivity contribution in [1.82, 2.24) is 19.6 Å². The Labute approximate surface area is 121 Å². The lowest BCUT2D eigenvalue weighted by atomic mass is 10.3. The van der Waals surface area contributed by atoms with E-state index < -0.39 is 11.9 Å². The van der Waals surface area contributed by atoms with E-state index in [9.17, 15) is 13.2 Å². The minimum atomic E-state index is -4.54. The molecule has 0 spiro atoms. The predicted octanol–water partition coefficient (Wildman–Crippen LogP) is 1.49. The van der Waals surface area contributed by atoms with Crippen LogP contribution in [0.15, 0.2) is 6.07 Å². The molecule has 2 aromatic heterocycles. The molecule has 4 N–H and O–H groups in total. The Morgan fingerprint density at radius 3 is 2.40 bits per heavy atom. The number of nitrogen functional groups attached to an aromatic ring is 1. The van der Waals surface area contributed by atoms with E-state index in [0.717, 1.165) is 17.8 Å². The molecule has 0 saturated heterocycles. The fourth-order valence-corrected chi connectivity index (χ4v) is 2.16. The van der Waals surface area contributed by atoms with Crippen LogP contribution in [0.25, 0.3) is 5.82 Å². The van der Waals surface area contributed by atoms with Gasteiger partial charge in [0.25, 0.3) is 0 Å². The number of hydrogen-bond acceptors (Lipinski definition) is 4. The number of alkyl halides is 3. The largest absolute Gasteiger partial charge is 0.433 e. The van der Waals surface area contributed by atoms with Crippen LogP contribution in [0.5, 0.6) is 0 Å². The summed E-state index contributed by atoms with van der Waals surface area (Å²) in [5, 5.41) is 7.38. The van der Waals surface area contributed by atoms with Gasteiger partial charge in [-0.15, -0.1) is 0 Å². The van der Waals surface area contributed by atoms with Crippen molar-refractivity contribution >= 4 is 34.6 Å². The third kappa shape index (κ3) is 2.31. The number of thiocarbonyl (C=S) groups is 1. The number of nitrogens with two attached hydrogens (primary N) is 2. The number of aryl methyl sites for hydroxylation is 1. The molecule has 6 nitrogen and oxygen atoms in total. The standard InChI is InChI=1S/C9H8ClF3N6S/c1-18-3(9(11,12)13)2-4(16-18)19-7(14)5(8(15)20)6(10)17-19/h2H,14H2,1H3,(H2,15,20). The average molecular weight is 325 g/mol. The molecule has 0 amide bonds. The maximum absolute atomic E-state index is 12.7. The maximum atomic E-state index is 12.7. The minimum absolute atomic E-state index is 0.0747. The Morgan fingerprint density at radius 1 is 1.40 bits per heavy atom. The van der Waals surface area contributed by atoms with Gasteiger partial charge in [0, 0.05) is 13.1 Å². The smallest absolute Gasteiger partial charge is 0.389 e. The zero-order chi connectivity index (χ0) is 15.2. The zero-order valence-corrected chi connectivity index (χ0v) is 11.5. The van der Waals surface area contributed by atoms with Crippen molar-refractivity contribution in [3.05, 3.63) is 22.5 Å². The van der Waals surface area contributed by atoms with Crippen LogP contribution in [0.1, 0.15) is 11.3 Å². The molecule has 0 unspecified atom stereocenters. The van der Waals surface area contributed by atoms with E-state index in [1.54, 1.807) is 0 Å². The lowest BCUT2D eigenvalue weighted by Gasteiger charge is -2.04. The zero-order valence-electron chi connectivity index (χ0n) is 9.94. The maximum Gasteiger partial charge on any atom is 0.433 e. The van der Waals surface area contributed by atoms with Gasteiger partial charge in [-0.1, -0.05) is 23.8 Å². The van der Waals surface area contributed by atoms with E-state index in [1.807, 2.05) is 0 Å². The van der Waals surface area contributed by atoms with Gasteiger partial charge in [0.2, 0.25) is 0 Å². The Kier molecular flexibility index (Phi) is 3.38. The van der Waals surface area contributed by atoms with Crippen molar-refractivity contribution < 1.29 is 13.2 Å². The van der Waals surface area contributed by atoms with Crippen molar-refractivity contribution in [3.63, 3.8) is 0 Å². The molecule has 0 atom stereocenters. The van der Waals surface area contributed by atoms with Gasteiger partial charge in [-0.05, 0) is 0 Å². The molecule has 2 rings (SSSR count). The van der Waals surface area contributed by atoms with Crippen molar-refractivity contribution in [2.75, 3.05) is 5.73 Å². The molecule has 0 aromatic carbocycles. The molecule has 0 fully saturated rings. The Balaban J connectivity index is 2.59. The molecular formula is C9H8ClF3N6S. The SMILES string of the molecule is Cn1nc(-n2nc(Cl)c(C(N)=S)c2N)cc1C(F)(F)F. The van der Waals surface area contributed by atoms with Crippen LogP contribution >= 0.6 is 23.8 Å². The highest BCUT2D eigenvalue weighted by atomic mass is 35.5. The summed E-state index contributed by atoms with van der Waals surface area (Å²) in [5.74, 6) is -0.212. The van der Waals surface area contributed by atoms with E-state index in [1.165, 1.54) is 0 Å². The Bertz CT molecular complexity index is 689. The summed E-state index contributed by atoms with van der Waals surface area (Å²) in [6, 6.07) is 0.795. The molecule has 0 saturated carbocycles. The summed E-state index contributed by atoms with van der Waals surface area (Å²) in [6.45, 7) is 0. The number of hydrogen-bond donors (Lipinski definition) is 2. The second-order valence-electron chi connectivity index (χ2n) is 3.84. The van der Waals surface area contributed by atoms with Crippen LogP contribution in [0.3, 0.4) is 0 Å². The molecule has 0 radical (unpaired) electrons. The fourth-order valence-electron chi connectivity index (χ4n) is 1.63. The van der Waals surface area contributed by atoms with Gasteiger partial charge in [0.15, 0.2) is 11.0 Å². The summed E-state index contributed by atoms with van der Waals surface area (Å²) in [5.41, 5.74) is 10.3. The van der Waals surface area contributed by atoms with Crippen LogP contribution in [0.2, 0.25) is 5.15 Å². The summed E-state index contributed by atoms with van der Waals surface area (Å²) in [7, 11) is 1.15. The highest BCUT2D eigenvalue weighted by Crippen LogP contribution is 2.31. The highest BCUT2D eigenvalue weighted by Gasteiger charge is 2.35. The second kappa shape index (κ2) is 4.63. The second-order valence-corrected chi connectivity index (χ2v) is 4.63. The summed E-state index contributed by atoms with van der Waals surface area (Å²) >= 11 is 10.5. The number of halogens is 4. The normalized spacial score (nSPS) is 11.8. The number of anilines is 1. The first-order valence-corrected chi connectivity index (χ1v) is 5.87. The van der Waals surface area contributed by atoms with Crippen molar-refractivity contribution in [2.45, 2.75) is 6.18 Å². The molecule has 11 heteroatoms. The van der Waals surface area contributed by atoms with Crippen LogP contribution in [-0.4, -0.2) is 24.5 Å². The quantitative estimate of drug-likeness (QED) is 0.817. The lowest BCUT2D eigenvalue weighted by Crippen LogP contribution is -2.12. The molecule has 108 valence electrons. The van der Waals surface area contributed by atoms with Gasteiger partial charge in [-0.3, -0.25) is 4.68 Å². The van der Waals surface area contributed by atoms with Crippen LogP contribution in [0.4, 0.5) is 19.0 Å². The molecule has 0 aliphatic heterocycles. The molecule has 0 aliphatic rings. The van der Waals surface area contributed by atoms with Crippen molar-refractivity contribution in [1.29, 1.82) is 0 Å². The van der Waals surface area contributed by atoms with Gasteiger partial charge in [-0.2, -0.15) is 28.1 Å². The van der Waals surface area contributed by atoms with E-state index in [0.29, 0.717) is 4.68 Å². The first kappa shape index (κ1) is 14.6. The van der Waals surface area contributed by atoms with E-state index in [4.69, 9.17) is 35.3 Å². The minimum Gasteiger partial charge on any atom is -0.389 e. The highest BCUT2D eigenvalue weighted by molar-refractivity contribution is 7.80. The number of aromatic nitrogens is 4. The first-order chi connectivity index (χ1) is 9.12. The first-order valence-electron chi connectivity index (χ1n) is 5.08. The third-order valence-electron chi connectivity index (χ3n) is 2.50. The van der Waals surface area contributed by atoms with E-state index in [-0.39, 0.29) is 27.3 Å². The Hall–Kier alpha value is -1.81. The summed E-state index contributed by atoms with van der Waals surface area (Å²) in [6.07, 6.45) is -4.54. The van der Waals surface area contributed by atoms with Crippen LogP contribution in [-0.2, 0) is 13.2 Å². The topological polar surface area (TPSA) is 87.7 Å². The predicted molar refractivity (Wildman–Crippen MR) is 70.6 cm³/mol. The van der Waals surface area contributed by atoms with Crippen LogP contribution < -0.4 is 11.5 Å². The van der Waals surface area contributed by atoms with Gasteiger partial charge in [-0.25, -0.2) is 0 Å². The lowest BCUT2D eigenvalue weighted by molar-refractivity contribution is -0.143. The Morgan fingerprint density at radius 2 is 2.00 bits per heavy atom. The van der Waals surface area contributed by atoms with Gasteiger partial charge in [0.1, 0.15) is 16.5 Å². The molecule has 2 aromatic rings. The van der Waals surface area contributed by atoms with Gasteiger partial charge < -0.3 is 11.5 Å². The van der Waals surface area contributed by atoms with E-state index in [2.05, 4.69) is 10.2 Å². The average Bonchev–Trinajstić information content (AvgIpc) is 2.78. The molecule has 20 heavy (non-hydrogen) atoms. The monoisotopic (exact) mass is 324 g/mol. The van der Waals surface area contributed by atoms with Crippen molar-refractivity contribution in [2.24, 2.45) is 12.8 Å². The van der Waals surface area contributed by atoms with Gasteiger partial charge >= 0.3 is 6.18 Å². The molecule has 0 aliphatic carbocycles. The molecular weight excluding hydrogens is 317 g/mol. The molecule has 2 heterocycles. The number of rotatable bonds is 2. The number of nitrogens with zero attached hydrogens (tertiary/aromatic N) is 4. The molecule has 0 bridgehead atoms. The third-order valence-corrected chi connectivity index (χ3v) is 2.97.